The molecule has 2 heterocycles. The van der Waals surface area contributed by atoms with Gasteiger partial charge in [-0.25, -0.2) is 8.42 Å². The van der Waals surface area contributed by atoms with Gasteiger partial charge in [0.05, 0.1) is 21.8 Å². The smallest absolute Gasteiger partial charge is 0.336 e. The van der Waals surface area contributed by atoms with E-state index in [1.165, 1.54) is 24.4 Å². The molecule has 2 aliphatic carbocycles. The quantitative estimate of drug-likeness (QED) is 0.484. The van der Waals surface area contributed by atoms with Crippen molar-refractivity contribution in [3.63, 3.8) is 0 Å². The Balaban J connectivity index is 1.53. The third-order valence-corrected chi connectivity index (χ3v) is 10.3. The molecule has 1 saturated heterocycles. The van der Waals surface area contributed by atoms with Crippen molar-refractivity contribution in [2.45, 2.75) is 73.1 Å². The van der Waals surface area contributed by atoms with E-state index in [4.69, 9.17) is 0 Å². The van der Waals surface area contributed by atoms with E-state index < -0.39 is 92.5 Å². The molecular weight excluding hydrogens is 590 g/mol. The number of aromatic nitrogens is 1. The van der Waals surface area contributed by atoms with Crippen LogP contribution in [0, 0.1) is 23.7 Å². The lowest BCUT2D eigenvalue weighted by atomic mass is 10.0. The summed E-state index contributed by atoms with van der Waals surface area (Å²) in [6, 6.07) is 5.71. The van der Waals surface area contributed by atoms with E-state index in [-0.39, 0.29) is 18.4 Å². The van der Waals surface area contributed by atoms with E-state index in [2.05, 4.69) is 10.3 Å². The zero-order valence-electron chi connectivity index (χ0n) is 22.0. The lowest BCUT2D eigenvalue weighted by molar-refractivity contribution is -0.199. The van der Waals surface area contributed by atoms with Crippen LogP contribution in [0.15, 0.2) is 41.4 Å². The predicted octanol–water partition coefficient (Wildman–Crippen LogP) is 4.33. The third kappa shape index (κ3) is 5.10. The molecule has 42 heavy (non-hydrogen) atoms. The van der Waals surface area contributed by atoms with Gasteiger partial charge in [-0.15, -0.1) is 0 Å². The molecule has 224 valence electrons. The van der Waals surface area contributed by atoms with E-state index in [0.29, 0.717) is 22.2 Å². The number of aryl methyl sites for hydroxylation is 1. The summed E-state index contributed by atoms with van der Waals surface area (Å²) in [6.07, 6.45) is -10.1. The first-order valence-corrected chi connectivity index (χ1v) is 14.5. The summed E-state index contributed by atoms with van der Waals surface area (Å²) in [5.41, 5.74) is -4.66. The largest absolute Gasteiger partial charge is 0.417 e. The van der Waals surface area contributed by atoms with E-state index >= 15 is 0 Å². The molecule has 3 aliphatic rings. The second kappa shape index (κ2) is 9.68. The number of halogens is 6. The van der Waals surface area contributed by atoms with Gasteiger partial charge in [0.25, 0.3) is 0 Å². The van der Waals surface area contributed by atoms with Crippen molar-refractivity contribution in [1.29, 1.82) is 5.26 Å². The molecule has 0 bridgehead atoms. The van der Waals surface area contributed by atoms with Crippen LogP contribution in [0.2, 0.25) is 0 Å². The minimum atomic E-state index is -5.13. The molecule has 2 unspecified atom stereocenters. The summed E-state index contributed by atoms with van der Waals surface area (Å²) in [7, 11) is -4.94. The highest BCUT2D eigenvalue weighted by atomic mass is 32.2. The Kier molecular flexibility index (Phi) is 6.87. The Morgan fingerprint density at radius 2 is 1.69 bits per heavy atom. The van der Waals surface area contributed by atoms with Gasteiger partial charge in [-0.2, -0.15) is 31.6 Å². The number of sulfone groups is 1. The first kappa shape index (κ1) is 29.8. The zero-order valence-corrected chi connectivity index (χ0v) is 22.8. The summed E-state index contributed by atoms with van der Waals surface area (Å²) < 4.78 is 111. The fourth-order valence-corrected chi connectivity index (χ4v) is 7.20. The van der Waals surface area contributed by atoms with Crippen LogP contribution in [0.4, 0.5) is 26.3 Å². The Labute approximate surface area is 236 Å². The molecule has 3 fully saturated rings. The molecule has 2 saturated carbocycles. The van der Waals surface area contributed by atoms with Gasteiger partial charge in [0.1, 0.15) is 17.0 Å². The molecule has 5 rings (SSSR count). The molecule has 15 heteroatoms. The minimum absolute atomic E-state index is 0.0549. The summed E-state index contributed by atoms with van der Waals surface area (Å²) in [5, 5.41) is 9.89. The highest BCUT2D eigenvalue weighted by Crippen LogP contribution is 2.59. The van der Waals surface area contributed by atoms with Crippen molar-refractivity contribution in [3.05, 3.63) is 47.8 Å². The average Bonchev–Trinajstić information content (AvgIpc) is 3.83. The van der Waals surface area contributed by atoms with Crippen LogP contribution in [-0.2, 0) is 25.6 Å². The molecule has 8 nitrogen and oxygen atoms in total. The number of hydrogen-bond donors (Lipinski definition) is 1. The van der Waals surface area contributed by atoms with Crippen molar-refractivity contribution in [2.75, 3.05) is 6.54 Å². The van der Waals surface area contributed by atoms with Crippen LogP contribution in [0.5, 0.6) is 0 Å². The van der Waals surface area contributed by atoms with Gasteiger partial charge in [0.15, 0.2) is 9.84 Å². The Bertz CT molecular complexity index is 1610. The second-order valence-electron chi connectivity index (χ2n) is 11.0. The fraction of sp³-hybridized carbons (Fsp3) is 0.481. The third-order valence-electron chi connectivity index (χ3n) is 8.12. The highest BCUT2D eigenvalue weighted by molar-refractivity contribution is 7.92. The van der Waals surface area contributed by atoms with Crippen molar-refractivity contribution in [2.24, 2.45) is 5.41 Å². The van der Waals surface area contributed by atoms with Gasteiger partial charge < -0.3 is 10.2 Å². The zero-order chi connectivity index (χ0) is 30.9. The molecule has 1 aromatic carbocycles. The van der Waals surface area contributed by atoms with E-state index in [1.807, 2.05) is 6.07 Å². The number of benzene rings is 1. The number of nitrogens with one attached hydrogen (secondary N) is 1. The summed E-state index contributed by atoms with van der Waals surface area (Å²) in [4.78, 5) is 29.7. The predicted molar refractivity (Wildman–Crippen MR) is 134 cm³/mol. The Morgan fingerprint density at radius 1 is 1.05 bits per heavy atom. The minimum Gasteiger partial charge on any atom is -0.336 e. The maximum absolute atomic E-state index is 14.2. The highest BCUT2D eigenvalue weighted by Gasteiger charge is 2.70. The molecule has 0 spiro atoms. The average molecular weight is 615 g/mol. The van der Waals surface area contributed by atoms with Crippen LogP contribution < -0.4 is 5.32 Å². The number of carbonyl (C=O) groups excluding carboxylic acids is 2. The second-order valence-corrected chi connectivity index (χ2v) is 13.2. The first-order chi connectivity index (χ1) is 19.4. The number of nitriles is 1. The summed E-state index contributed by atoms with van der Waals surface area (Å²) >= 11 is 0. The first-order valence-electron chi connectivity index (χ1n) is 12.9. The fourth-order valence-electron chi connectivity index (χ4n) is 5.31. The van der Waals surface area contributed by atoms with Crippen molar-refractivity contribution in [3.8, 4) is 17.2 Å². The number of likely N-dealkylation sites (tertiary alicyclic amines) is 1. The number of carbonyl (C=O) groups is 2. The van der Waals surface area contributed by atoms with Gasteiger partial charge in [0.2, 0.25) is 11.8 Å². The summed E-state index contributed by atoms with van der Waals surface area (Å²) in [6.45, 7) is 0.707. The standard InChI is InChI=1S/C27H24F6N4O4S/c1-15-10-17(4-9-35-15)16-2-3-21(19(11-16)26(28,29)30)42(40,41)18-12-20(22(38)36-24(14-34)5-6-24)37(13-18)23(39)25(7-8-25)27(31,32)33/h2-4,9-11,18,20H,5-8,12-13H2,1H3,(H,36,38). The number of pyridine rings is 1. The van der Waals surface area contributed by atoms with Crippen LogP contribution in [0.25, 0.3) is 11.1 Å². The SMILES string of the molecule is Cc1cc(-c2ccc(S(=O)(=O)C3CC(C(=O)NC4(C#N)CC4)N(C(=O)C4(C(F)(F)F)CC4)C3)c(C(F)(F)F)c2)ccn1. The molecule has 2 atom stereocenters. The number of amides is 2. The lowest BCUT2D eigenvalue weighted by Crippen LogP contribution is -2.53. The topological polar surface area (TPSA) is 120 Å². The Morgan fingerprint density at radius 3 is 2.21 bits per heavy atom. The maximum Gasteiger partial charge on any atom is 0.417 e. The van der Waals surface area contributed by atoms with Crippen LogP contribution in [-0.4, -0.2) is 59.7 Å². The van der Waals surface area contributed by atoms with Gasteiger partial charge in [0, 0.05) is 18.4 Å². The Hall–Kier alpha value is -3.67. The van der Waals surface area contributed by atoms with E-state index in [9.17, 15) is 49.6 Å². The summed E-state index contributed by atoms with van der Waals surface area (Å²) in [5.74, 6) is -2.54. The van der Waals surface area contributed by atoms with Crippen molar-refractivity contribution >= 4 is 21.7 Å². The van der Waals surface area contributed by atoms with Crippen LogP contribution >= 0.6 is 0 Å². The monoisotopic (exact) mass is 614 g/mol. The number of nitrogens with zero attached hydrogens (tertiary/aromatic N) is 3. The van der Waals surface area contributed by atoms with Gasteiger partial charge >= 0.3 is 12.4 Å². The van der Waals surface area contributed by atoms with Crippen LogP contribution in [0.1, 0.15) is 43.4 Å². The van der Waals surface area contributed by atoms with Gasteiger partial charge in [-0.3, -0.25) is 14.6 Å². The van der Waals surface area contributed by atoms with E-state index in [1.54, 1.807) is 6.92 Å². The van der Waals surface area contributed by atoms with Crippen molar-refractivity contribution in [1.82, 2.24) is 15.2 Å². The molecular formula is C27H24F6N4O4S. The lowest BCUT2D eigenvalue weighted by Gasteiger charge is -2.29. The van der Waals surface area contributed by atoms with Gasteiger partial charge in [-0.05, 0) is 74.4 Å². The van der Waals surface area contributed by atoms with Crippen molar-refractivity contribution < 1.29 is 44.3 Å². The molecule has 1 N–H and O–H groups in total. The molecule has 1 aliphatic heterocycles. The normalized spacial score (nSPS) is 22.8. The molecule has 1 aromatic heterocycles. The maximum atomic E-state index is 14.2. The van der Waals surface area contributed by atoms with Crippen LogP contribution in [0.3, 0.4) is 0 Å². The number of hydrogen-bond acceptors (Lipinski definition) is 6. The number of alkyl halides is 6. The van der Waals surface area contributed by atoms with E-state index in [0.717, 1.165) is 6.07 Å². The molecule has 2 aromatic rings. The molecule has 2 amide bonds. The number of rotatable bonds is 6. The van der Waals surface area contributed by atoms with Gasteiger partial charge in [-0.1, -0.05) is 6.07 Å². The molecule has 0 radical (unpaired) electrons.